The van der Waals surface area contributed by atoms with E-state index in [1.807, 2.05) is 24.3 Å². The molecule has 0 atom stereocenters. The Morgan fingerprint density at radius 2 is 2.00 bits per heavy atom. The van der Waals surface area contributed by atoms with Crippen LogP contribution in [-0.4, -0.2) is 10.9 Å². The molecule has 1 aromatic heterocycles. The van der Waals surface area contributed by atoms with Gasteiger partial charge < -0.3 is 10.5 Å². The van der Waals surface area contributed by atoms with Crippen molar-refractivity contribution in [2.24, 2.45) is 5.73 Å². The number of ether oxygens (including phenoxy) is 1. The Morgan fingerprint density at radius 1 is 1.16 bits per heavy atom. The minimum absolute atomic E-state index is 0.415. The Balaban J connectivity index is 1.92. The third kappa shape index (κ3) is 2.41. The third-order valence-electron chi connectivity index (χ3n) is 2.60. The fraction of sp³-hybridized carbons (Fsp3) is 0. The van der Waals surface area contributed by atoms with Crippen molar-refractivity contribution in [3.8, 4) is 10.9 Å². The van der Waals surface area contributed by atoms with Gasteiger partial charge in [-0.3, -0.25) is 4.79 Å². The summed E-state index contributed by atoms with van der Waals surface area (Å²) >= 11 is 1.46. The smallest absolute Gasteiger partial charge is 0.279 e. The van der Waals surface area contributed by atoms with Gasteiger partial charge in [-0.15, -0.1) is 0 Å². The molecule has 1 amide bonds. The Labute approximate surface area is 113 Å². The van der Waals surface area contributed by atoms with Crippen molar-refractivity contribution in [3.63, 3.8) is 0 Å². The van der Waals surface area contributed by atoms with Crippen molar-refractivity contribution in [1.82, 2.24) is 4.98 Å². The Kier molecular flexibility index (Phi) is 2.89. The summed E-state index contributed by atoms with van der Waals surface area (Å²) in [7, 11) is 0. The molecule has 0 bridgehead atoms. The van der Waals surface area contributed by atoms with E-state index in [2.05, 4.69) is 4.98 Å². The summed E-state index contributed by atoms with van der Waals surface area (Å²) in [6.07, 6.45) is 0. The summed E-state index contributed by atoms with van der Waals surface area (Å²) in [6.45, 7) is 0. The highest BCUT2D eigenvalue weighted by Gasteiger charge is 2.07. The van der Waals surface area contributed by atoms with Gasteiger partial charge >= 0.3 is 0 Å². The normalized spacial score (nSPS) is 10.5. The maximum absolute atomic E-state index is 11.1. The van der Waals surface area contributed by atoms with Gasteiger partial charge in [0.05, 0.1) is 10.2 Å². The lowest BCUT2D eigenvalue weighted by Gasteiger charge is -2.02. The number of hydrogen-bond donors (Lipinski definition) is 1. The average Bonchev–Trinajstić information content (AvgIpc) is 2.81. The lowest BCUT2D eigenvalue weighted by atomic mass is 10.2. The van der Waals surface area contributed by atoms with Crippen LogP contribution in [0.1, 0.15) is 10.4 Å². The first-order chi connectivity index (χ1) is 9.22. The molecule has 1 heterocycles. The number of rotatable bonds is 3. The third-order valence-corrected chi connectivity index (χ3v) is 3.51. The predicted octanol–water partition coefficient (Wildman–Crippen LogP) is 3.19. The molecule has 0 saturated heterocycles. The fourth-order valence-corrected chi connectivity index (χ4v) is 2.54. The van der Waals surface area contributed by atoms with Gasteiger partial charge in [-0.05, 0) is 30.3 Å². The summed E-state index contributed by atoms with van der Waals surface area (Å²) in [4.78, 5) is 15.5. The number of thiazole rings is 1. The van der Waals surface area contributed by atoms with Crippen LogP contribution < -0.4 is 10.5 Å². The SMILES string of the molecule is NC(=O)c1cccc(Oc2nc3ccccc3s2)c1. The largest absolute Gasteiger partial charge is 0.431 e. The van der Waals surface area contributed by atoms with Crippen molar-refractivity contribution in [2.45, 2.75) is 0 Å². The van der Waals surface area contributed by atoms with Gasteiger partial charge in [0.25, 0.3) is 5.19 Å². The zero-order valence-corrected chi connectivity index (χ0v) is 10.7. The first-order valence-corrected chi connectivity index (χ1v) is 6.47. The highest BCUT2D eigenvalue weighted by Crippen LogP contribution is 2.31. The maximum Gasteiger partial charge on any atom is 0.279 e. The Bertz CT molecular complexity index is 719. The number of nitrogens with zero attached hydrogens (tertiary/aromatic N) is 1. The van der Waals surface area contributed by atoms with Crippen LogP contribution in [-0.2, 0) is 0 Å². The molecule has 94 valence electrons. The Morgan fingerprint density at radius 3 is 2.79 bits per heavy atom. The van der Waals surface area contributed by atoms with E-state index in [1.165, 1.54) is 11.3 Å². The summed E-state index contributed by atoms with van der Waals surface area (Å²) in [5.74, 6) is 0.0742. The number of amides is 1. The second-order valence-electron chi connectivity index (χ2n) is 3.94. The van der Waals surface area contributed by atoms with Gasteiger partial charge in [0.15, 0.2) is 0 Å². The molecule has 0 aliphatic heterocycles. The highest BCUT2D eigenvalue weighted by atomic mass is 32.1. The van der Waals surface area contributed by atoms with Gasteiger partial charge in [-0.1, -0.05) is 29.5 Å². The molecule has 3 rings (SSSR count). The first-order valence-electron chi connectivity index (χ1n) is 5.66. The number of benzene rings is 2. The average molecular weight is 270 g/mol. The zero-order chi connectivity index (χ0) is 13.2. The monoisotopic (exact) mass is 270 g/mol. The molecule has 0 spiro atoms. The van der Waals surface area contributed by atoms with Gasteiger partial charge in [-0.2, -0.15) is 0 Å². The second-order valence-corrected chi connectivity index (χ2v) is 4.93. The van der Waals surface area contributed by atoms with E-state index >= 15 is 0 Å². The molecule has 0 aliphatic rings. The number of primary amides is 1. The molecule has 0 unspecified atom stereocenters. The number of aromatic nitrogens is 1. The van der Waals surface area contributed by atoms with E-state index in [0.29, 0.717) is 16.5 Å². The van der Waals surface area contributed by atoms with Gasteiger partial charge in [0.2, 0.25) is 5.91 Å². The van der Waals surface area contributed by atoms with Gasteiger partial charge in [0.1, 0.15) is 5.75 Å². The molecular weight excluding hydrogens is 260 g/mol. The minimum atomic E-state index is -0.477. The standard InChI is InChI=1S/C14H10N2O2S/c15-13(17)9-4-3-5-10(8-9)18-14-16-11-6-1-2-7-12(11)19-14/h1-8H,(H2,15,17). The molecule has 5 heteroatoms. The molecule has 0 aliphatic carbocycles. The molecule has 0 fully saturated rings. The number of nitrogens with two attached hydrogens (primary N) is 1. The van der Waals surface area contributed by atoms with E-state index in [9.17, 15) is 4.79 Å². The molecule has 0 radical (unpaired) electrons. The van der Waals surface area contributed by atoms with Crippen LogP contribution in [0.3, 0.4) is 0 Å². The van der Waals surface area contributed by atoms with E-state index in [0.717, 1.165) is 10.2 Å². The van der Waals surface area contributed by atoms with Gasteiger partial charge in [0, 0.05) is 5.56 Å². The first kappa shape index (κ1) is 11.7. The zero-order valence-electron chi connectivity index (χ0n) is 9.87. The molecule has 2 aromatic carbocycles. The van der Waals surface area contributed by atoms with Crippen molar-refractivity contribution >= 4 is 27.5 Å². The minimum Gasteiger partial charge on any atom is -0.431 e. The quantitative estimate of drug-likeness (QED) is 0.794. The van der Waals surface area contributed by atoms with Crippen LogP contribution >= 0.6 is 11.3 Å². The van der Waals surface area contributed by atoms with Crippen LogP contribution in [0, 0.1) is 0 Å². The lowest BCUT2D eigenvalue weighted by molar-refractivity contribution is 0.1000. The van der Waals surface area contributed by atoms with Gasteiger partial charge in [-0.25, -0.2) is 4.98 Å². The highest BCUT2D eigenvalue weighted by molar-refractivity contribution is 7.20. The van der Waals surface area contributed by atoms with Crippen molar-refractivity contribution in [2.75, 3.05) is 0 Å². The molecule has 3 aromatic rings. The molecule has 4 nitrogen and oxygen atoms in total. The predicted molar refractivity (Wildman–Crippen MR) is 74.7 cm³/mol. The number of para-hydroxylation sites is 1. The number of hydrogen-bond acceptors (Lipinski definition) is 4. The van der Waals surface area contributed by atoms with E-state index in [4.69, 9.17) is 10.5 Å². The summed E-state index contributed by atoms with van der Waals surface area (Å²) < 4.78 is 6.71. The van der Waals surface area contributed by atoms with E-state index < -0.39 is 5.91 Å². The second kappa shape index (κ2) is 4.70. The van der Waals surface area contributed by atoms with Crippen LogP contribution in [0.25, 0.3) is 10.2 Å². The molecule has 2 N–H and O–H groups in total. The number of carbonyl (C=O) groups excluding carboxylic acids is 1. The topological polar surface area (TPSA) is 65.2 Å². The number of fused-ring (bicyclic) bond motifs is 1. The molecule has 0 saturated carbocycles. The van der Waals surface area contributed by atoms with Crippen LogP contribution in [0.2, 0.25) is 0 Å². The summed E-state index contributed by atoms with van der Waals surface area (Å²) in [5.41, 5.74) is 6.54. The van der Waals surface area contributed by atoms with E-state index in [1.54, 1.807) is 24.3 Å². The molecular formula is C14H10N2O2S. The number of carbonyl (C=O) groups is 1. The van der Waals surface area contributed by atoms with Crippen molar-refractivity contribution < 1.29 is 9.53 Å². The van der Waals surface area contributed by atoms with Crippen molar-refractivity contribution in [3.05, 3.63) is 54.1 Å². The van der Waals surface area contributed by atoms with Crippen LogP contribution in [0.15, 0.2) is 48.5 Å². The molecule has 19 heavy (non-hydrogen) atoms. The van der Waals surface area contributed by atoms with E-state index in [-0.39, 0.29) is 0 Å². The van der Waals surface area contributed by atoms with Crippen LogP contribution in [0.5, 0.6) is 10.9 Å². The van der Waals surface area contributed by atoms with Crippen LogP contribution in [0.4, 0.5) is 0 Å². The lowest BCUT2D eigenvalue weighted by Crippen LogP contribution is -2.10. The van der Waals surface area contributed by atoms with Crippen molar-refractivity contribution in [1.29, 1.82) is 0 Å². The fourth-order valence-electron chi connectivity index (χ4n) is 1.71. The summed E-state index contributed by atoms with van der Waals surface area (Å²) in [5, 5.41) is 0.544. The maximum atomic E-state index is 11.1. The summed E-state index contributed by atoms with van der Waals surface area (Å²) in [6, 6.07) is 14.5. The Hall–Kier alpha value is -2.40.